The second-order valence-corrected chi connectivity index (χ2v) is 5.69. The fourth-order valence-corrected chi connectivity index (χ4v) is 2.54. The number of carboxylic acids is 1. The van der Waals surface area contributed by atoms with Gasteiger partial charge in [0.2, 0.25) is 0 Å². The maximum atomic E-state index is 13.4. The summed E-state index contributed by atoms with van der Waals surface area (Å²) >= 11 is 0. The Morgan fingerprint density at radius 1 is 1.08 bits per heavy atom. The number of benzene rings is 2. The second kappa shape index (κ2) is 5.81. The third-order valence-corrected chi connectivity index (χ3v) is 3.88. The molecule has 1 fully saturated rings. The van der Waals surface area contributed by atoms with Gasteiger partial charge in [0.1, 0.15) is 5.82 Å². The normalized spacial score (nSPS) is 14.5. The molecule has 0 heterocycles. The van der Waals surface area contributed by atoms with E-state index in [0.717, 1.165) is 31.0 Å². The lowest BCUT2D eigenvalue weighted by Gasteiger charge is -2.16. The average molecular weight is 339 g/mol. The van der Waals surface area contributed by atoms with E-state index in [1.165, 1.54) is 18.2 Å². The molecule has 3 nitrogen and oxygen atoms in total. The zero-order valence-corrected chi connectivity index (χ0v) is 12.3. The highest BCUT2D eigenvalue weighted by Crippen LogP contribution is 2.44. The van der Waals surface area contributed by atoms with Gasteiger partial charge in [-0.3, -0.25) is 0 Å². The van der Waals surface area contributed by atoms with Gasteiger partial charge in [-0.05, 0) is 60.7 Å². The van der Waals surface area contributed by atoms with Crippen molar-refractivity contribution in [3.8, 4) is 0 Å². The van der Waals surface area contributed by atoms with Gasteiger partial charge in [0, 0.05) is 5.69 Å². The van der Waals surface area contributed by atoms with Crippen molar-refractivity contribution >= 4 is 17.3 Å². The van der Waals surface area contributed by atoms with Gasteiger partial charge in [0.15, 0.2) is 0 Å². The molecule has 0 aromatic heterocycles. The summed E-state index contributed by atoms with van der Waals surface area (Å²) in [6, 6.07) is 6.31. The molecule has 0 radical (unpaired) electrons. The number of halogens is 4. The zero-order chi connectivity index (χ0) is 17.5. The van der Waals surface area contributed by atoms with E-state index < -0.39 is 23.5 Å². The van der Waals surface area contributed by atoms with E-state index >= 15 is 0 Å². The van der Waals surface area contributed by atoms with E-state index in [4.69, 9.17) is 0 Å². The fourth-order valence-electron chi connectivity index (χ4n) is 2.54. The predicted molar refractivity (Wildman–Crippen MR) is 80.1 cm³/mol. The second-order valence-electron chi connectivity index (χ2n) is 5.69. The van der Waals surface area contributed by atoms with Crippen molar-refractivity contribution in [2.45, 2.75) is 24.9 Å². The summed E-state index contributed by atoms with van der Waals surface area (Å²) in [6.45, 7) is 0. The first-order chi connectivity index (χ1) is 11.3. The van der Waals surface area contributed by atoms with Crippen LogP contribution in [0.15, 0.2) is 36.4 Å². The maximum Gasteiger partial charge on any atom is 0.416 e. The highest BCUT2D eigenvalue weighted by molar-refractivity contribution is 5.95. The Morgan fingerprint density at radius 3 is 2.38 bits per heavy atom. The maximum absolute atomic E-state index is 13.4. The van der Waals surface area contributed by atoms with E-state index in [0.29, 0.717) is 11.3 Å². The van der Waals surface area contributed by atoms with Crippen molar-refractivity contribution in [2.75, 3.05) is 5.32 Å². The lowest BCUT2D eigenvalue weighted by atomic mass is 10.1. The van der Waals surface area contributed by atoms with Crippen molar-refractivity contribution in [3.05, 3.63) is 58.9 Å². The molecule has 126 valence electrons. The van der Waals surface area contributed by atoms with Crippen LogP contribution in [0.25, 0.3) is 0 Å². The molecule has 1 aliphatic carbocycles. The summed E-state index contributed by atoms with van der Waals surface area (Å²) in [5, 5.41) is 11.9. The standard InChI is InChI=1S/C17H13F4NO2/c18-11-4-6-14(13(8-11)9-1-2-9)22-15-7-10(17(19,20)21)3-5-12(15)16(23)24/h3-9,22H,1-2H2,(H,23,24). The molecule has 2 aromatic rings. The van der Waals surface area contributed by atoms with Crippen molar-refractivity contribution in [1.29, 1.82) is 0 Å². The molecular weight excluding hydrogens is 326 g/mol. The topological polar surface area (TPSA) is 49.3 Å². The highest BCUT2D eigenvalue weighted by Gasteiger charge is 2.32. The van der Waals surface area contributed by atoms with Crippen molar-refractivity contribution in [3.63, 3.8) is 0 Å². The van der Waals surface area contributed by atoms with Crippen molar-refractivity contribution in [2.24, 2.45) is 0 Å². The summed E-state index contributed by atoms with van der Waals surface area (Å²) in [6.07, 6.45) is -2.85. The monoisotopic (exact) mass is 339 g/mol. The van der Waals surface area contributed by atoms with Crippen LogP contribution in [-0.4, -0.2) is 11.1 Å². The predicted octanol–water partition coefficient (Wildman–Crippen LogP) is 5.16. The highest BCUT2D eigenvalue weighted by atomic mass is 19.4. The van der Waals surface area contributed by atoms with Crippen LogP contribution in [0.4, 0.5) is 28.9 Å². The van der Waals surface area contributed by atoms with Crippen LogP contribution in [0.3, 0.4) is 0 Å². The summed E-state index contributed by atoms with van der Waals surface area (Å²) in [4.78, 5) is 11.3. The minimum atomic E-state index is -4.59. The van der Waals surface area contributed by atoms with Crippen LogP contribution in [0.2, 0.25) is 0 Å². The van der Waals surface area contributed by atoms with Gasteiger partial charge in [0.05, 0.1) is 16.8 Å². The molecule has 0 bridgehead atoms. The van der Waals surface area contributed by atoms with E-state index in [1.807, 2.05) is 0 Å². The molecule has 1 saturated carbocycles. The molecular formula is C17H13F4NO2. The molecule has 0 amide bonds. The molecule has 0 unspecified atom stereocenters. The third-order valence-electron chi connectivity index (χ3n) is 3.88. The first-order valence-electron chi connectivity index (χ1n) is 7.26. The Morgan fingerprint density at radius 2 is 1.79 bits per heavy atom. The number of rotatable bonds is 4. The molecule has 24 heavy (non-hydrogen) atoms. The SMILES string of the molecule is O=C(O)c1ccc(C(F)(F)F)cc1Nc1ccc(F)cc1C1CC1. The number of nitrogens with one attached hydrogen (secondary N) is 1. The molecule has 0 atom stereocenters. The van der Waals surface area contributed by atoms with Gasteiger partial charge >= 0.3 is 12.1 Å². The number of hydrogen-bond acceptors (Lipinski definition) is 2. The third kappa shape index (κ3) is 3.34. The first kappa shape index (κ1) is 16.3. The zero-order valence-electron chi connectivity index (χ0n) is 12.3. The molecule has 0 spiro atoms. The van der Waals surface area contributed by atoms with Crippen LogP contribution in [0, 0.1) is 5.82 Å². The van der Waals surface area contributed by atoms with Gasteiger partial charge < -0.3 is 10.4 Å². The average Bonchev–Trinajstić information content (AvgIpc) is 3.32. The molecule has 0 aliphatic heterocycles. The van der Waals surface area contributed by atoms with Gasteiger partial charge in [-0.15, -0.1) is 0 Å². The Labute approximate surface area is 134 Å². The van der Waals surface area contributed by atoms with Gasteiger partial charge in [-0.25, -0.2) is 9.18 Å². The largest absolute Gasteiger partial charge is 0.478 e. The molecule has 2 N–H and O–H groups in total. The van der Waals surface area contributed by atoms with Gasteiger partial charge in [-0.1, -0.05) is 0 Å². The van der Waals surface area contributed by atoms with E-state index in [2.05, 4.69) is 5.32 Å². The Bertz CT molecular complexity index is 798. The van der Waals surface area contributed by atoms with Crippen molar-refractivity contribution < 1.29 is 27.5 Å². The summed E-state index contributed by atoms with van der Waals surface area (Å²) in [5.41, 5.74) is -0.352. The quantitative estimate of drug-likeness (QED) is 0.756. The lowest BCUT2D eigenvalue weighted by molar-refractivity contribution is -0.137. The number of hydrogen-bond donors (Lipinski definition) is 2. The van der Waals surface area contributed by atoms with Crippen LogP contribution >= 0.6 is 0 Å². The minimum absolute atomic E-state index is 0.141. The van der Waals surface area contributed by atoms with Gasteiger partial charge in [0.25, 0.3) is 0 Å². The number of carboxylic acid groups (broad SMARTS) is 1. The summed E-state index contributed by atoms with van der Waals surface area (Å²) in [7, 11) is 0. The van der Waals surface area contributed by atoms with E-state index in [9.17, 15) is 27.5 Å². The van der Waals surface area contributed by atoms with Crippen LogP contribution in [0.1, 0.15) is 40.2 Å². The molecule has 0 saturated heterocycles. The van der Waals surface area contributed by atoms with Crippen LogP contribution in [-0.2, 0) is 6.18 Å². The number of carbonyl (C=O) groups is 1. The molecule has 2 aromatic carbocycles. The van der Waals surface area contributed by atoms with Crippen LogP contribution < -0.4 is 5.32 Å². The molecule has 7 heteroatoms. The molecule has 1 aliphatic rings. The van der Waals surface area contributed by atoms with Crippen LogP contribution in [0.5, 0.6) is 0 Å². The number of anilines is 2. The first-order valence-corrected chi connectivity index (χ1v) is 7.26. The summed E-state index contributed by atoms with van der Waals surface area (Å²) < 4.78 is 52.1. The number of alkyl halides is 3. The minimum Gasteiger partial charge on any atom is -0.478 e. The smallest absolute Gasteiger partial charge is 0.416 e. The van der Waals surface area contributed by atoms with E-state index in [-0.39, 0.29) is 17.2 Å². The summed E-state index contributed by atoms with van der Waals surface area (Å²) in [5.74, 6) is -1.64. The Hall–Kier alpha value is -2.57. The fraction of sp³-hybridized carbons (Fsp3) is 0.235. The Balaban J connectivity index is 2.04. The molecule has 3 rings (SSSR count). The Kier molecular flexibility index (Phi) is 3.95. The van der Waals surface area contributed by atoms with E-state index in [1.54, 1.807) is 0 Å². The number of aromatic carboxylic acids is 1. The van der Waals surface area contributed by atoms with Gasteiger partial charge in [-0.2, -0.15) is 13.2 Å². The lowest BCUT2D eigenvalue weighted by Crippen LogP contribution is -2.09. The van der Waals surface area contributed by atoms with Crippen molar-refractivity contribution in [1.82, 2.24) is 0 Å².